The Morgan fingerprint density at radius 1 is 1.21 bits per heavy atom. The minimum Gasteiger partial charge on any atom is -0.339 e. The van der Waals surface area contributed by atoms with Crippen molar-refractivity contribution in [2.24, 2.45) is 5.92 Å². The van der Waals surface area contributed by atoms with Crippen molar-refractivity contribution in [3.8, 4) is 11.4 Å². The van der Waals surface area contributed by atoms with Crippen LogP contribution < -0.4 is 0 Å². The zero-order valence-corrected chi connectivity index (χ0v) is 13.1. The van der Waals surface area contributed by atoms with Crippen molar-refractivity contribution in [2.45, 2.75) is 31.4 Å². The van der Waals surface area contributed by atoms with Gasteiger partial charge in [-0.05, 0) is 43.9 Å². The Bertz CT molecular complexity index is 724. The van der Waals surface area contributed by atoms with Gasteiger partial charge in [0.15, 0.2) is 0 Å². The van der Waals surface area contributed by atoms with Gasteiger partial charge in [-0.3, -0.25) is 0 Å². The minimum atomic E-state index is -4.38. The molecule has 0 radical (unpaired) electrons. The van der Waals surface area contributed by atoms with Crippen molar-refractivity contribution in [3.05, 3.63) is 35.7 Å². The van der Waals surface area contributed by atoms with Gasteiger partial charge in [-0.25, -0.2) is 0 Å². The van der Waals surface area contributed by atoms with Crippen LogP contribution in [-0.2, 0) is 6.18 Å². The molecule has 0 bridgehead atoms. The monoisotopic (exact) mass is 337 g/mol. The number of rotatable bonds is 4. The Labute approximate surface area is 137 Å². The lowest BCUT2D eigenvalue weighted by Gasteiger charge is -2.13. The molecule has 0 amide bonds. The van der Waals surface area contributed by atoms with Crippen LogP contribution in [0.1, 0.15) is 36.6 Å². The minimum absolute atomic E-state index is 0.177. The van der Waals surface area contributed by atoms with Gasteiger partial charge in [-0.1, -0.05) is 17.3 Å². The zero-order valence-electron chi connectivity index (χ0n) is 13.1. The molecule has 1 aromatic carbocycles. The first-order chi connectivity index (χ1) is 11.5. The number of likely N-dealkylation sites (tertiary alicyclic amines) is 1. The van der Waals surface area contributed by atoms with Gasteiger partial charge in [0.05, 0.1) is 11.5 Å². The SMILES string of the molecule is FC(F)(F)c1cccc(-c2noc([C@H]3CCN(CC4CC4)C3)n2)c1. The van der Waals surface area contributed by atoms with Crippen molar-refractivity contribution in [1.29, 1.82) is 0 Å². The van der Waals surface area contributed by atoms with E-state index in [0.29, 0.717) is 11.5 Å². The lowest BCUT2D eigenvalue weighted by atomic mass is 10.1. The van der Waals surface area contributed by atoms with E-state index in [1.54, 1.807) is 6.07 Å². The summed E-state index contributed by atoms with van der Waals surface area (Å²) in [4.78, 5) is 6.76. The van der Waals surface area contributed by atoms with Gasteiger partial charge in [0.2, 0.25) is 11.7 Å². The van der Waals surface area contributed by atoms with Crippen LogP contribution in [0.5, 0.6) is 0 Å². The number of benzene rings is 1. The molecule has 1 aromatic heterocycles. The molecule has 4 nitrogen and oxygen atoms in total. The van der Waals surface area contributed by atoms with Crippen LogP contribution in [0.25, 0.3) is 11.4 Å². The fourth-order valence-electron chi connectivity index (χ4n) is 3.22. The Balaban J connectivity index is 1.49. The Kier molecular flexibility index (Phi) is 3.83. The average molecular weight is 337 g/mol. The summed E-state index contributed by atoms with van der Waals surface area (Å²) >= 11 is 0. The maximum Gasteiger partial charge on any atom is 0.416 e. The van der Waals surface area contributed by atoms with Crippen LogP contribution in [0, 0.1) is 5.92 Å². The summed E-state index contributed by atoms with van der Waals surface area (Å²) in [5.41, 5.74) is -0.379. The van der Waals surface area contributed by atoms with E-state index < -0.39 is 11.7 Å². The average Bonchev–Trinajstić information content (AvgIpc) is 3.04. The Hall–Kier alpha value is -1.89. The van der Waals surface area contributed by atoms with Gasteiger partial charge >= 0.3 is 6.18 Å². The van der Waals surface area contributed by atoms with Crippen molar-refractivity contribution in [2.75, 3.05) is 19.6 Å². The van der Waals surface area contributed by atoms with E-state index in [4.69, 9.17) is 4.52 Å². The van der Waals surface area contributed by atoms with E-state index >= 15 is 0 Å². The van der Waals surface area contributed by atoms with Crippen LogP contribution >= 0.6 is 0 Å². The van der Waals surface area contributed by atoms with Crippen LogP contribution in [-0.4, -0.2) is 34.7 Å². The van der Waals surface area contributed by atoms with E-state index in [2.05, 4.69) is 15.0 Å². The number of hydrogen-bond acceptors (Lipinski definition) is 4. The molecule has 2 aliphatic rings. The van der Waals surface area contributed by atoms with E-state index in [-0.39, 0.29) is 11.7 Å². The summed E-state index contributed by atoms with van der Waals surface area (Å²) in [6.45, 7) is 3.04. The molecule has 7 heteroatoms. The highest BCUT2D eigenvalue weighted by Crippen LogP contribution is 2.35. The molecule has 0 spiro atoms. The number of halogens is 3. The normalized spacial score (nSPS) is 22.2. The third-order valence-corrected chi connectivity index (χ3v) is 4.72. The molecule has 0 N–H and O–H groups in total. The molecule has 1 aliphatic heterocycles. The molecule has 2 heterocycles. The first-order valence-electron chi connectivity index (χ1n) is 8.22. The molecule has 4 rings (SSSR count). The van der Waals surface area contributed by atoms with E-state index in [1.807, 2.05) is 0 Å². The van der Waals surface area contributed by atoms with Gasteiger partial charge in [0.1, 0.15) is 0 Å². The van der Waals surface area contributed by atoms with Crippen LogP contribution in [0.4, 0.5) is 13.2 Å². The van der Waals surface area contributed by atoms with Crippen molar-refractivity contribution in [3.63, 3.8) is 0 Å². The highest BCUT2D eigenvalue weighted by molar-refractivity contribution is 5.55. The lowest BCUT2D eigenvalue weighted by molar-refractivity contribution is -0.137. The van der Waals surface area contributed by atoms with Gasteiger partial charge in [-0.15, -0.1) is 0 Å². The highest BCUT2D eigenvalue weighted by Gasteiger charge is 2.33. The van der Waals surface area contributed by atoms with Crippen molar-refractivity contribution < 1.29 is 17.7 Å². The second-order valence-corrected chi connectivity index (χ2v) is 6.72. The molecular formula is C17H18F3N3O. The van der Waals surface area contributed by atoms with Crippen LogP contribution in [0.2, 0.25) is 0 Å². The maximum atomic E-state index is 12.8. The molecule has 128 valence electrons. The number of nitrogens with zero attached hydrogens (tertiary/aromatic N) is 3. The van der Waals surface area contributed by atoms with E-state index in [0.717, 1.165) is 44.1 Å². The first-order valence-corrected chi connectivity index (χ1v) is 8.22. The lowest BCUT2D eigenvalue weighted by Crippen LogP contribution is -2.22. The third-order valence-electron chi connectivity index (χ3n) is 4.72. The predicted octanol–water partition coefficient (Wildman–Crippen LogP) is 3.95. The summed E-state index contributed by atoms with van der Waals surface area (Å²) < 4.78 is 43.8. The summed E-state index contributed by atoms with van der Waals surface area (Å²) in [5.74, 6) is 1.76. The smallest absolute Gasteiger partial charge is 0.339 e. The van der Waals surface area contributed by atoms with Crippen molar-refractivity contribution in [1.82, 2.24) is 15.0 Å². The fourth-order valence-corrected chi connectivity index (χ4v) is 3.22. The molecule has 2 fully saturated rings. The van der Waals surface area contributed by atoms with Gasteiger partial charge in [0, 0.05) is 18.7 Å². The summed E-state index contributed by atoms with van der Waals surface area (Å²) in [6.07, 6.45) is -0.781. The molecule has 24 heavy (non-hydrogen) atoms. The fraction of sp³-hybridized carbons (Fsp3) is 0.529. The Morgan fingerprint density at radius 3 is 2.79 bits per heavy atom. The van der Waals surface area contributed by atoms with Crippen molar-refractivity contribution >= 4 is 0 Å². The molecule has 0 unspecified atom stereocenters. The largest absolute Gasteiger partial charge is 0.416 e. The van der Waals surface area contributed by atoms with Crippen LogP contribution in [0.3, 0.4) is 0 Å². The summed E-state index contributed by atoms with van der Waals surface area (Å²) in [7, 11) is 0. The highest BCUT2D eigenvalue weighted by atomic mass is 19.4. The topological polar surface area (TPSA) is 42.2 Å². The standard InChI is InChI=1S/C17H18F3N3O/c18-17(19,20)14-3-1-2-12(8-14)15-21-16(24-22-15)13-6-7-23(10-13)9-11-4-5-11/h1-3,8,11,13H,4-7,9-10H2/t13-/m0/s1. The zero-order chi connectivity index (χ0) is 16.7. The summed E-state index contributed by atoms with van der Waals surface area (Å²) in [6, 6.07) is 5.03. The number of aromatic nitrogens is 2. The van der Waals surface area contributed by atoms with E-state index in [9.17, 15) is 13.2 Å². The maximum absolute atomic E-state index is 12.8. The van der Waals surface area contributed by atoms with Gasteiger partial charge in [0.25, 0.3) is 0 Å². The predicted molar refractivity (Wildman–Crippen MR) is 81.3 cm³/mol. The third kappa shape index (κ3) is 3.31. The molecule has 1 aliphatic carbocycles. The van der Waals surface area contributed by atoms with E-state index in [1.165, 1.54) is 18.9 Å². The number of alkyl halides is 3. The second-order valence-electron chi connectivity index (χ2n) is 6.72. The Morgan fingerprint density at radius 2 is 2.04 bits per heavy atom. The molecular weight excluding hydrogens is 319 g/mol. The molecule has 1 atom stereocenters. The molecule has 1 saturated carbocycles. The quantitative estimate of drug-likeness (QED) is 0.847. The second kappa shape index (κ2) is 5.88. The number of hydrogen-bond donors (Lipinski definition) is 0. The summed E-state index contributed by atoms with van der Waals surface area (Å²) in [5, 5.41) is 3.88. The first kappa shape index (κ1) is 15.6. The van der Waals surface area contributed by atoms with Gasteiger partial charge in [-0.2, -0.15) is 18.2 Å². The van der Waals surface area contributed by atoms with Gasteiger partial charge < -0.3 is 9.42 Å². The molecule has 1 saturated heterocycles. The van der Waals surface area contributed by atoms with Crippen LogP contribution in [0.15, 0.2) is 28.8 Å². The molecule has 2 aromatic rings.